The average molecular weight is 330 g/mol. The maximum Gasteiger partial charge on any atom is 0.161 e. The van der Waals surface area contributed by atoms with Crippen LogP contribution in [0.1, 0.15) is 5.56 Å². The van der Waals surface area contributed by atoms with Crippen molar-refractivity contribution in [2.75, 3.05) is 14.2 Å². The molecule has 0 saturated heterocycles. The molecule has 0 atom stereocenters. The summed E-state index contributed by atoms with van der Waals surface area (Å²) < 4.78 is 16.4. The van der Waals surface area contributed by atoms with E-state index in [1.807, 2.05) is 36.4 Å². The highest BCUT2D eigenvalue weighted by molar-refractivity contribution is 6.35. The quantitative estimate of drug-likeness (QED) is 0.691. The lowest BCUT2D eigenvalue weighted by atomic mass is 10.2. The molecule has 0 aliphatic rings. The minimum Gasteiger partial charge on any atom is -0.493 e. The van der Waals surface area contributed by atoms with Crippen molar-refractivity contribution in [3.05, 3.63) is 59.2 Å². The van der Waals surface area contributed by atoms with Gasteiger partial charge in [0.2, 0.25) is 0 Å². The first-order chi connectivity index (χ1) is 11.2. The molecule has 0 N–H and O–H groups in total. The average Bonchev–Trinajstić information content (AvgIpc) is 2.59. The number of aromatic nitrogens is 1. The third kappa shape index (κ3) is 3.32. The van der Waals surface area contributed by atoms with Gasteiger partial charge in [0.05, 0.1) is 24.8 Å². The van der Waals surface area contributed by atoms with Gasteiger partial charge in [-0.15, -0.1) is 0 Å². The smallest absolute Gasteiger partial charge is 0.161 e. The summed E-state index contributed by atoms with van der Waals surface area (Å²) in [5, 5.41) is 1.59. The van der Waals surface area contributed by atoms with E-state index in [0.717, 1.165) is 22.2 Å². The van der Waals surface area contributed by atoms with E-state index in [1.54, 1.807) is 26.5 Å². The number of benzene rings is 2. The highest BCUT2D eigenvalue weighted by atomic mass is 35.5. The molecule has 0 spiro atoms. The Hall–Kier alpha value is -2.46. The second-order valence-corrected chi connectivity index (χ2v) is 5.36. The number of pyridine rings is 1. The van der Waals surface area contributed by atoms with Crippen LogP contribution >= 0.6 is 11.6 Å². The molecule has 0 aliphatic carbocycles. The Morgan fingerprint density at radius 2 is 1.78 bits per heavy atom. The molecule has 0 radical (unpaired) electrons. The maximum atomic E-state index is 6.14. The molecule has 0 saturated carbocycles. The van der Waals surface area contributed by atoms with Crippen LogP contribution in [-0.4, -0.2) is 19.2 Å². The van der Waals surface area contributed by atoms with Gasteiger partial charge in [-0.25, -0.2) is 0 Å². The number of ether oxygens (including phenoxy) is 3. The molecule has 0 amide bonds. The number of nitrogens with zero attached hydrogens (tertiary/aromatic N) is 1. The van der Waals surface area contributed by atoms with Crippen LogP contribution in [0.5, 0.6) is 17.2 Å². The number of hydrogen-bond acceptors (Lipinski definition) is 4. The largest absolute Gasteiger partial charge is 0.493 e. The lowest BCUT2D eigenvalue weighted by Gasteiger charge is -2.11. The zero-order valence-corrected chi connectivity index (χ0v) is 13.6. The molecule has 0 fully saturated rings. The molecule has 4 nitrogen and oxygen atoms in total. The summed E-state index contributed by atoms with van der Waals surface area (Å²) in [5.41, 5.74) is 1.80. The van der Waals surface area contributed by atoms with Gasteiger partial charge in [0.15, 0.2) is 11.5 Å². The van der Waals surface area contributed by atoms with Crippen LogP contribution in [-0.2, 0) is 6.61 Å². The molecular formula is C18H16ClNO3. The molecule has 0 aliphatic heterocycles. The van der Waals surface area contributed by atoms with Gasteiger partial charge >= 0.3 is 0 Å². The lowest BCUT2D eigenvalue weighted by Crippen LogP contribution is -1.97. The Morgan fingerprint density at radius 1 is 0.957 bits per heavy atom. The summed E-state index contributed by atoms with van der Waals surface area (Å²) in [6.07, 6.45) is 1.68. The van der Waals surface area contributed by atoms with Crippen LogP contribution in [0.25, 0.3) is 10.9 Å². The second-order valence-electron chi connectivity index (χ2n) is 4.95. The molecule has 3 aromatic rings. The van der Waals surface area contributed by atoms with E-state index in [1.165, 1.54) is 0 Å². The van der Waals surface area contributed by atoms with Crippen LogP contribution in [0.15, 0.2) is 48.7 Å². The van der Waals surface area contributed by atoms with E-state index in [-0.39, 0.29) is 0 Å². The Balaban J connectivity index is 1.78. The van der Waals surface area contributed by atoms with E-state index >= 15 is 0 Å². The molecule has 23 heavy (non-hydrogen) atoms. The van der Waals surface area contributed by atoms with Crippen molar-refractivity contribution in [2.24, 2.45) is 0 Å². The van der Waals surface area contributed by atoms with E-state index in [4.69, 9.17) is 25.8 Å². The topological polar surface area (TPSA) is 40.6 Å². The molecular weight excluding hydrogens is 314 g/mol. The Kier molecular flexibility index (Phi) is 4.53. The van der Waals surface area contributed by atoms with E-state index < -0.39 is 0 Å². The predicted octanol–water partition coefficient (Wildman–Crippen LogP) is 4.48. The Labute approximate surface area is 139 Å². The molecule has 1 aromatic heterocycles. The Bertz CT molecular complexity index is 836. The highest BCUT2D eigenvalue weighted by Gasteiger charge is 2.06. The van der Waals surface area contributed by atoms with Gasteiger partial charge in [0, 0.05) is 17.6 Å². The van der Waals surface area contributed by atoms with Gasteiger partial charge in [-0.1, -0.05) is 17.7 Å². The van der Waals surface area contributed by atoms with Gasteiger partial charge in [0.1, 0.15) is 12.4 Å². The van der Waals surface area contributed by atoms with Crippen LogP contribution in [0.4, 0.5) is 0 Å². The first kappa shape index (κ1) is 15.4. The zero-order chi connectivity index (χ0) is 16.2. The predicted molar refractivity (Wildman–Crippen MR) is 90.6 cm³/mol. The summed E-state index contributed by atoms with van der Waals surface area (Å²) in [4.78, 5) is 4.31. The molecule has 1 heterocycles. The van der Waals surface area contributed by atoms with Crippen molar-refractivity contribution in [1.29, 1.82) is 0 Å². The third-order valence-electron chi connectivity index (χ3n) is 3.51. The van der Waals surface area contributed by atoms with Gasteiger partial charge in [-0.2, -0.15) is 0 Å². The maximum absolute atomic E-state index is 6.14. The monoisotopic (exact) mass is 329 g/mol. The Morgan fingerprint density at radius 3 is 2.57 bits per heavy atom. The minimum atomic E-state index is 0.423. The SMILES string of the molecule is COc1ccc(COc2ccc3c(Cl)ccnc3c2)cc1OC. The molecule has 5 heteroatoms. The fraction of sp³-hybridized carbons (Fsp3) is 0.167. The first-order valence-corrected chi connectivity index (χ1v) is 7.47. The summed E-state index contributed by atoms with van der Waals surface area (Å²) in [7, 11) is 3.22. The fourth-order valence-corrected chi connectivity index (χ4v) is 2.54. The number of methoxy groups -OCH3 is 2. The third-order valence-corrected chi connectivity index (χ3v) is 3.84. The fourth-order valence-electron chi connectivity index (χ4n) is 2.32. The van der Waals surface area contributed by atoms with E-state index in [2.05, 4.69) is 4.98 Å². The van der Waals surface area contributed by atoms with Crippen molar-refractivity contribution < 1.29 is 14.2 Å². The number of rotatable bonds is 5. The lowest BCUT2D eigenvalue weighted by molar-refractivity contribution is 0.304. The van der Waals surface area contributed by atoms with Crippen molar-refractivity contribution >= 4 is 22.5 Å². The van der Waals surface area contributed by atoms with Crippen molar-refractivity contribution in [3.8, 4) is 17.2 Å². The molecule has 0 bridgehead atoms. The normalized spacial score (nSPS) is 10.6. The van der Waals surface area contributed by atoms with E-state index in [0.29, 0.717) is 23.1 Å². The second kappa shape index (κ2) is 6.75. The van der Waals surface area contributed by atoms with Crippen molar-refractivity contribution in [2.45, 2.75) is 6.61 Å². The van der Waals surface area contributed by atoms with Gasteiger partial charge in [-0.05, 0) is 35.9 Å². The van der Waals surface area contributed by atoms with Gasteiger partial charge < -0.3 is 14.2 Å². The van der Waals surface area contributed by atoms with Crippen LogP contribution in [0.2, 0.25) is 5.02 Å². The van der Waals surface area contributed by atoms with Gasteiger partial charge in [0.25, 0.3) is 0 Å². The van der Waals surface area contributed by atoms with Crippen molar-refractivity contribution in [3.63, 3.8) is 0 Å². The summed E-state index contributed by atoms with van der Waals surface area (Å²) in [6, 6.07) is 13.1. The van der Waals surface area contributed by atoms with E-state index in [9.17, 15) is 0 Å². The molecule has 3 rings (SSSR count). The summed E-state index contributed by atoms with van der Waals surface area (Å²) >= 11 is 6.14. The summed E-state index contributed by atoms with van der Waals surface area (Å²) in [5.74, 6) is 2.11. The molecule has 2 aromatic carbocycles. The molecule has 0 unspecified atom stereocenters. The molecule has 118 valence electrons. The van der Waals surface area contributed by atoms with Gasteiger partial charge in [-0.3, -0.25) is 4.98 Å². The van der Waals surface area contributed by atoms with Crippen molar-refractivity contribution in [1.82, 2.24) is 4.98 Å². The number of hydrogen-bond donors (Lipinski definition) is 0. The first-order valence-electron chi connectivity index (χ1n) is 7.09. The van der Waals surface area contributed by atoms with Crippen LogP contribution < -0.4 is 14.2 Å². The standard InChI is InChI=1S/C18H16ClNO3/c1-21-17-6-3-12(9-18(17)22-2)11-23-13-4-5-14-15(19)7-8-20-16(14)10-13/h3-10H,11H2,1-2H3. The number of halogens is 1. The zero-order valence-electron chi connectivity index (χ0n) is 12.9. The number of fused-ring (bicyclic) bond motifs is 1. The minimum absolute atomic E-state index is 0.423. The highest BCUT2D eigenvalue weighted by Crippen LogP contribution is 2.29. The van der Waals surface area contributed by atoms with Crippen LogP contribution in [0.3, 0.4) is 0 Å². The summed E-state index contributed by atoms with van der Waals surface area (Å²) in [6.45, 7) is 0.423. The van der Waals surface area contributed by atoms with Crippen LogP contribution in [0, 0.1) is 0 Å².